The molecule has 0 fully saturated rings. The number of aldehydes is 1. The average Bonchev–Trinajstić information content (AvgIpc) is 2.17. The number of allylic oxidation sites excluding steroid dienone is 6. The van der Waals surface area contributed by atoms with Crippen molar-refractivity contribution in [2.24, 2.45) is 5.92 Å². The van der Waals surface area contributed by atoms with Gasteiger partial charge in [-0.2, -0.15) is 0 Å². The lowest BCUT2D eigenvalue weighted by Gasteiger charge is -1.97. The first kappa shape index (κ1) is 13.9. The fourth-order valence-corrected chi connectivity index (χ4v) is 1.11. The van der Waals surface area contributed by atoms with E-state index in [0.29, 0.717) is 0 Å². The maximum absolute atomic E-state index is 10.3. The topological polar surface area (TPSA) is 17.1 Å². The minimum Gasteiger partial charge on any atom is -0.303 e. The molecular formula is C14H22O. The minimum absolute atomic E-state index is 0.0202. The van der Waals surface area contributed by atoms with Crippen LogP contribution in [-0.4, -0.2) is 6.29 Å². The molecule has 0 N–H and O–H groups in total. The monoisotopic (exact) mass is 206 g/mol. The lowest BCUT2D eigenvalue weighted by molar-refractivity contribution is -0.109. The summed E-state index contributed by atoms with van der Waals surface area (Å²) in [6.07, 6.45) is 11.3. The van der Waals surface area contributed by atoms with Crippen LogP contribution in [0.25, 0.3) is 0 Å². The molecule has 0 aromatic carbocycles. The SMILES string of the molecule is CC(C)=CCC/C(C)=C/C=C\C(C)C=O. The zero-order valence-corrected chi connectivity index (χ0v) is 10.3. The molecule has 0 aliphatic carbocycles. The fourth-order valence-electron chi connectivity index (χ4n) is 1.11. The summed E-state index contributed by atoms with van der Waals surface area (Å²) in [6, 6.07) is 0. The lowest BCUT2D eigenvalue weighted by atomic mass is 10.1. The molecule has 15 heavy (non-hydrogen) atoms. The Balaban J connectivity index is 3.94. The van der Waals surface area contributed by atoms with Gasteiger partial charge in [-0.15, -0.1) is 0 Å². The molecule has 0 aliphatic rings. The second kappa shape index (κ2) is 8.22. The Morgan fingerprint density at radius 1 is 1.27 bits per heavy atom. The number of carbonyl (C=O) groups excluding carboxylic acids is 1. The van der Waals surface area contributed by atoms with Gasteiger partial charge in [-0.3, -0.25) is 0 Å². The first-order valence-corrected chi connectivity index (χ1v) is 5.49. The summed E-state index contributed by atoms with van der Waals surface area (Å²) in [4.78, 5) is 10.3. The largest absolute Gasteiger partial charge is 0.303 e. The number of carbonyl (C=O) groups is 1. The Hall–Kier alpha value is -1.11. The summed E-state index contributed by atoms with van der Waals surface area (Å²) in [5.41, 5.74) is 2.72. The predicted octanol–water partition coefficient (Wildman–Crippen LogP) is 4.07. The molecule has 0 aromatic rings. The maximum atomic E-state index is 10.3. The Morgan fingerprint density at radius 2 is 1.93 bits per heavy atom. The van der Waals surface area contributed by atoms with E-state index in [2.05, 4.69) is 32.9 Å². The first-order valence-electron chi connectivity index (χ1n) is 5.49. The molecular weight excluding hydrogens is 184 g/mol. The fraction of sp³-hybridized carbons (Fsp3) is 0.500. The summed E-state index contributed by atoms with van der Waals surface area (Å²) >= 11 is 0. The molecule has 1 atom stereocenters. The van der Waals surface area contributed by atoms with Crippen molar-refractivity contribution < 1.29 is 4.79 Å². The van der Waals surface area contributed by atoms with Crippen molar-refractivity contribution in [2.75, 3.05) is 0 Å². The zero-order valence-electron chi connectivity index (χ0n) is 10.3. The molecule has 1 nitrogen and oxygen atoms in total. The van der Waals surface area contributed by atoms with Gasteiger partial charge in [-0.25, -0.2) is 0 Å². The Labute approximate surface area is 93.6 Å². The van der Waals surface area contributed by atoms with E-state index in [0.717, 1.165) is 19.1 Å². The third-order valence-corrected chi connectivity index (χ3v) is 2.10. The van der Waals surface area contributed by atoms with Gasteiger partial charge in [0.15, 0.2) is 0 Å². The van der Waals surface area contributed by atoms with Crippen LogP contribution < -0.4 is 0 Å². The normalized spacial score (nSPS) is 14.0. The zero-order chi connectivity index (χ0) is 11.7. The second-order valence-corrected chi connectivity index (χ2v) is 4.21. The van der Waals surface area contributed by atoms with E-state index in [4.69, 9.17) is 0 Å². The summed E-state index contributed by atoms with van der Waals surface area (Å²) in [6.45, 7) is 8.24. The molecule has 0 bridgehead atoms. The molecule has 0 saturated carbocycles. The molecule has 84 valence electrons. The van der Waals surface area contributed by atoms with Crippen LogP contribution in [0.1, 0.15) is 40.5 Å². The highest BCUT2D eigenvalue weighted by atomic mass is 16.1. The summed E-state index contributed by atoms with van der Waals surface area (Å²) < 4.78 is 0. The molecule has 1 heteroatoms. The van der Waals surface area contributed by atoms with Crippen LogP contribution in [0.4, 0.5) is 0 Å². The van der Waals surface area contributed by atoms with E-state index in [1.54, 1.807) is 0 Å². The van der Waals surface area contributed by atoms with Gasteiger partial charge in [-0.1, -0.05) is 42.4 Å². The number of hydrogen-bond acceptors (Lipinski definition) is 1. The molecule has 0 aromatic heterocycles. The molecule has 0 radical (unpaired) electrons. The highest BCUT2D eigenvalue weighted by molar-refractivity contribution is 5.55. The maximum Gasteiger partial charge on any atom is 0.126 e. The highest BCUT2D eigenvalue weighted by Crippen LogP contribution is 2.07. The van der Waals surface area contributed by atoms with Crippen LogP contribution in [-0.2, 0) is 4.79 Å². The third-order valence-electron chi connectivity index (χ3n) is 2.10. The standard InChI is InChI=1S/C14H22O/c1-12(2)7-5-8-13(3)9-6-10-14(4)11-15/h6-7,9-11,14H,5,8H2,1-4H3/b10-6-,13-9+. The van der Waals surface area contributed by atoms with Gasteiger partial charge in [0.2, 0.25) is 0 Å². The molecule has 0 rings (SSSR count). The second-order valence-electron chi connectivity index (χ2n) is 4.21. The molecule has 0 heterocycles. The van der Waals surface area contributed by atoms with Crippen molar-refractivity contribution >= 4 is 6.29 Å². The van der Waals surface area contributed by atoms with Gasteiger partial charge in [0.05, 0.1) is 0 Å². The van der Waals surface area contributed by atoms with Crippen LogP contribution in [0.3, 0.4) is 0 Å². The Bertz CT molecular complexity index is 265. The van der Waals surface area contributed by atoms with Crippen molar-refractivity contribution in [2.45, 2.75) is 40.5 Å². The Kier molecular flexibility index (Phi) is 7.61. The summed E-state index contributed by atoms with van der Waals surface area (Å²) in [5, 5.41) is 0. The van der Waals surface area contributed by atoms with Crippen molar-refractivity contribution in [3.63, 3.8) is 0 Å². The third kappa shape index (κ3) is 9.20. The van der Waals surface area contributed by atoms with Gasteiger partial charge >= 0.3 is 0 Å². The van der Waals surface area contributed by atoms with Crippen LogP contribution in [0.15, 0.2) is 35.5 Å². The number of rotatable bonds is 6. The van der Waals surface area contributed by atoms with E-state index in [9.17, 15) is 4.79 Å². The van der Waals surface area contributed by atoms with Gasteiger partial charge < -0.3 is 4.79 Å². The highest BCUT2D eigenvalue weighted by Gasteiger charge is 1.90. The first-order chi connectivity index (χ1) is 7.06. The molecule has 0 spiro atoms. The van der Waals surface area contributed by atoms with Gasteiger partial charge in [0.25, 0.3) is 0 Å². The van der Waals surface area contributed by atoms with E-state index in [1.165, 1.54) is 11.1 Å². The number of hydrogen-bond donors (Lipinski definition) is 0. The summed E-state index contributed by atoms with van der Waals surface area (Å²) in [5.74, 6) is 0.0202. The van der Waals surface area contributed by atoms with Crippen molar-refractivity contribution in [1.29, 1.82) is 0 Å². The van der Waals surface area contributed by atoms with Gasteiger partial charge in [0, 0.05) is 5.92 Å². The van der Waals surface area contributed by atoms with Crippen molar-refractivity contribution in [3.05, 3.63) is 35.5 Å². The van der Waals surface area contributed by atoms with E-state index < -0.39 is 0 Å². The Morgan fingerprint density at radius 3 is 2.47 bits per heavy atom. The van der Waals surface area contributed by atoms with E-state index in [1.807, 2.05) is 19.1 Å². The smallest absolute Gasteiger partial charge is 0.126 e. The van der Waals surface area contributed by atoms with Crippen LogP contribution in [0.5, 0.6) is 0 Å². The van der Waals surface area contributed by atoms with E-state index >= 15 is 0 Å². The molecule has 1 unspecified atom stereocenters. The van der Waals surface area contributed by atoms with Crippen LogP contribution in [0, 0.1) is 5.92 Å². The average molecular weight is 206 g/mol. The molecule has 0 aliphatic heterocycles. The van der Waals surface area contributed by atoms with Crippen molar-refractivity contribution in [3.8, 4) is 0 Å². The van der Waals surface area contributed by atoms with Crippen LogP contribution >= 0.6 is 0 Å². The van der Waals surface area contributed by atoms with Gasteiger partial charge in [-0.05, 0) is 33.6 Å². The molecule has 0 amide bonds. The predicted molar refractivity (Wildman–Crippen MR) is 66.8 cm³/mol. The quantitative estimate of drug-likeness (QED) is 0.364. The molecule has 0 saturated heterocycles. The van der Waals surface area contributed by atoms with Crippen LogP contribution in [0.2, 0.25) is 0 Å². The van der Waals surface area contributed by atoms with Gasteiger partial charge in [0.1, 0.15) is 6.29 Å². The summed E-state index contributed by atoms with van der Waals surface area (Å²) in [7, 11) is 0. The van der Waals surface area contributed by atoms with Crippen molar-refractivity contribution in [1.82, 2.24) is 0 Å². The minimum atomic E-state index is 0.0202. The lowest BCUT2D eigenvalue weighted by Crippen LogP contribution is -1.87. The van der Waals surface area contributed by atoms with E-state index in [-0.39, 0.29) is 5.92 Å².